The molecule has 9 nitrogen and oxygen atoms in total. The summed E-state index contributed by atoms with van der Waals surface area (Å²) in [6.07, 6.45) is -5.32. The summed E-state index contributed by atoms with van der Waals surface area (Å²) in [5, 5.41) is 21.0. The van der Waals surface area contributed by atoms with Crippen molar-refractivity contribution in [3.63, 3.8) is 0 Å². The number of alkyl halides is 4. The van der Waals surface area contributed by atoms with Gasteiger partial charge in [0, 0.05) is 55.4 Å². The van der Waals surface area contributed by atoms with Gasteiger partial charge in [0.2, 0.25) is 0 Å². The van der Waals surface area contributed by atoms with Crippen LogP contribution >= 0.6 is 0 Å². The Balaban J connectivity index is 1.37. The van der Waals surface area contributed by atoms with Crippen LogP contribution in [-0.2, 0) is 0 Å². The van der Waals surface area contributed by atoms with Crippen LogP contribution in [-0.4, -0.2) is 81.4 Å². The number of fused-ring (bicyclic) bond motifs is 3. The summed E-state index contributed by atoms with van der Waals surface area (Å²) < 4.78 is 82.2. The number of aryl methyl sites for hydroxylation is 1. The lowest BCUT2D eigenvalue weighted by Gasteiger charge is -2.39. The van der Waals surface area contributed by atoms with Gasteiger partial charge in [-0.1, -0.05) is 12.1 Å². The molecule has 2 N–H and O–H groups in total. The molecule has 0 radical (unpaired) electrons. The molecule has 0 saturated carbocycles. The normalized spacial score (nSPS) is 23.4. The highest BCUT2D eigenvalue weighted by molar-refractivity contribution is 6.00. The number of piperidine rings is 1. The van der Waals surface area contributed by atoms with E-state index in [1.807, 2.05) is 4.90 Å². The summed E-state index contributed by atoms with van der Waals surface area (Å²) in [7, 11) is 0. The molecule has 244 valence electrons. The van der Waals surface area contributed by atoms with E-state index < -0.39 is 47.8 Å². The van der Waals surface area contributed by atoms with Gasteiger partial charge < -0.3 is 24.3 Å². The maximum absolute atomic E-state index is 15.1. The maximum Gasteiger partial charge on any atom is 0.417 e. The summed E-state index contributed by atoms with van der Waals surface area (Å²) >= 11 is 0. The lowest BCUT2D eigenvalue weighted by atomic mass is 9.90. The number of hydrogen-bond donors (Lipinski definition) is 2. The zero-order valence-corrected chi connectivity index (χ0v) is 24.8. The minimum absolute atomic E-state index is 0.0323. The Hall–Kier alpha value is -4.04. The number of aromatic hydroxyl groups is 1. The first kappa shape index (κ1) is 30.6. The fraction of sp³-hybridized carbons (Fsp3) is 0.469. The summed E-state index contributed by atoms with van der Waals surface area (Å²) in [5.41, 5.74) is -3.95. The molecule has 5 heterocycles. The van der Waals surface area contributed by atoms with Gasteiger partial charge in [-0.05, 0) is 49.9 Å². The van der Waals surface area contributed by atoms with E-state index in [2.05, 4.69) is 9.97 Å². The highest BCUT2D eigenvalue weighted by Crippen LogP contribution is 2.43. The van der Waals surface area contributed by atoms with Gasteiger partial charge in [0.05, 0.1) is 11.1 Å². The van der Waals surface area contributed by atoms with Crippen molar-refractivity contribution >= 4 is 27.5 Å². The van der Waals surface area contributed by atoms with Crippen LogP contribution in [0.3, 0.4) is 0 Å². The van der Waals surface area contributed by atoms with Crippen molar-refractivity contribution < 1.29 is 41.3 Å². The molecule has 3 aliphatic heterocycles. The Morgan fingerprint density at radius 2 is 1.87 bits per heavy atom. The molecule has 0 aliphatic carbocycles. The molecule has 0 bridgehead atoms. The predicted octanol–water partition coefficient (Wildman–Crippen LogP) is 5.41. The highest BCUT2D eigenvalue weighted by Gasteiger charge is 2.55. The van der Waals surface area contributed by atoms with Gasteiger partial charge in [0.1, 0.15) is 35.5 Å². The second-order valence-corrected chi connectivity index (χ2v) is 12.6. The maximum atomic E-state index is 15.1. The molecule has 0 unspecified atom stereocenters. The van der Waals surface area contributed by atoms with Gasteiger partial charge in [-0.15, -0.1) is 0 Å². The first-order valence-corrected chi connectivity index (χ1v) is 15.1. The van der Waals surface area contributed by atoms with Crippen LogP contribution in [0.2, 0.25) is 0 Å². The van der Waals surface area contributed by atoms with Gasteiger partial charge >= 0.3 is 17.8 Å². The van der Waals surface area contributed by atoms with E-state index in [1.54, 1.807) is 13.0 Å². The zero-order valence-electron chi connectivity index (χ0n) is 24.8. The SMILES string of the molecule is Cc1c(-c2cc(O)cc3cccc(F)c23)oc(=O)c2c(N3CCC(O)(C(F)(F)F)CC3)nc(OC[C@@]34CCCN3C[C@H](F)C4)nc12. The molecule has 4 aromatic rings. The monoisotopic (exact) mass is 646 g/mol. The lowest BCUT2D eigenvalue weighted by Crippen LogP contribution is -2.53. The number of hydrogen-bond acceptors (Lipinski definition) is 9. The highest BCUT2D eigenvalue weighted by atomic mass is 19.4. The Morgan fingerprint density at radius 1 is 1.11 bits per heavy atom. The van der Waals surface area contributed by atoms with Crippen molar-refractivity contribution in [3.8, 4) is 23.1 Å². The van der Waals surface area contributed by atoms with Crippen molar-refractivity contribution in [2.75, 3.05) is 37.7 Å². The summed E-state index contributed by atoms with van der Waals surface area (Å²) in [6.45, 7) is 2.08. The summed E-state index contributed by atoms with van der Waals surface area (Å²) in [4.78, 5) is 26.2. The fourth-order valence-electron chi connectivity index (χ4n) is 7.33. The molecule has 0 amide bonds. The second kappa shape index (κ2) is 10.8. The molecule has 0 spiro atoms. The third kappa shape index (κ3) is 4.93. The van der Waals surface area contributed by atoms with Crippen LogP contribution in [0.25, 0.3) is 33.0 Å². The number of phenolic OH excluding ortho intramolecular Hbond substituents is 1. The lowest BCUT2D eigenvalue weighted by molar-refractivity contribution is -0.266. The number of benzene rings is 2. The quantitative estimate of drug-likeness (QED) is 0.275. The minimum atomic E-state index is -4.84. The Labute approximate surface area is 259 Å². The molecule has 2 aromatic heterocycles. The standard InChI is InChI=1S/C32H31F5N4O5/c1-17-25-24(28(43)46-26(17)21-13-20(42)12-18-4-2-5-22(34)23(18)21)27(40-10-7-31(44,8-11-40)32(35,36)37)39-29(38-25)45-16-30-6-3-9-41(30)15-19(33)14-30/h2,4-5,12-13,19,42,44H,3,6-11,14-16H2,1H3/t19-,30+/m1/s1. The van der Waals surface area contributed by atoms with Crippen LogP contribution in [0.1, 0.15) is 37.7 Å². The minimum Gasteiger partial charge on any atom is -0.508 e. The first-order valence-electron chi connectivity index (χ1n) is 15.1. The summed E-state index contributed by atoms with van der Waals surface area (Å²) in [5.74, 6) is -0.914. The van der Waals surface area contributed by atoms with E-state index in [0.29, 0.717) is 18.4 Å². The molecule has 2 aromatic carbocycles. The van der Waals surface area contributed by atoms with E-state index in [0.717, 1.165) is 13.0 Å². The largest absolute Gasteiger partial charge is 0.508 e. The Kier molecular flexibility index (Phi) is 7.16. The number of phenols is 1. The molecular formula is C32H31F5N4O5. The second-order valence-electron chi connectivity index (χ2n) is 12.6. The molecule has 7 rings (SSSR count). The van der Waals surface area contributed by atoms with Crippen LogP contribution < -0.4 is 15.3 Å². The van der Waals surface area contributed by atoms with Crippen molar-refractivity contribution in [3.05, 3.63) is 52.1 Å². The molecule has 2 atom stereocenters. The van der Waals surface area contributed by atoms with Gasteiger partial charge in [0.15, 0.2) is 11.4 Å². The van der Waals surface area contributed by atoms with Gasteiger partial charge in [-0.3, -0.25) is 4.90 Å². The van der Waals surface area contributed by atoms with E-state index in [1.165, 1.54) is 29.2 Å². The number of anilines is 1. The molecule has 3 saturated heterocycles. The van der Waals surface area contributed by atoms with Crippen LogP contribution in [0, 0.1) is 12.7 Å². The predicted molar refractivity (Wildman–Crippen MR) is 158 cm³/mol. The molecule has 46 heavy (non-hydrogen) atoms. The van der Waals surface area contributed by atoms with Crippen molar-refractivity contribution in [1.29, 1.82) is 0 Å². The third-order valence-electron chi connectivity index (χ3n) is 9.77. The molecule has 3 aliphatic rings. The molecular weight excluding hydrogens is 615 g/mol. The number of halogens is 5. The smallest absolute Gasteiger partial charge is 0.417 e. The van der Waals surface area contributed by atoms with Crippen molar-refractivity contribution in [2.24, 2.45) is 0 Å². The Bertz CT molecular complexity index is 1910. The van der Waals surface area contributed by atoms with E-state index in [9.17, 15) is 32.6 Å². The zero-order chi connectivity index (χ0) is 32.6. The fourth-order valence-corrected chi connectivity index (χ4v) is 7.33. The van der Waals surface area contributed by atoms with E-state index >= 15 is 4.39 Å². The average molecular weight is 647 g/mol. The Morgan fingerprint density at radius 3 is 2.61 bits per heavy atom. The third-order valence-corrected chi connectivity index (χ3v) is 9.77. The van der Waals surface area contributed by atoms with Gasteiger partial charge in [-0.25, -0.2) is 13.6 Å². The van der Waals surface area contributed by atoms with Gasteiger partial charge in [0.25, 0.3) is 0 Å². The van der Waals surface area contributed by atoms with Crippen LogP contribution in [0.5, 0.6) is 11.8 Å². The number of aromatic nitrogens is 2. The topological polar surface area (TPSA) is 112 Å². The van der Waals surface area contributed by atoms with E-state index in [4.69, 9.17) is 9.15 Å². The first-order chi connectivity index (χ1) is 21.8. The number of rotatable bonds is 5. The van der Waals surface area contributed by atoms with Crippen molar-refractivity contribution in [2.45, 2.75) is 62.5 Å². The molecule has 14 heteroatoms. The number of ether oxygens (including phenoxy) is 1. The van der Waals surface area contributed by atoms with Crippen LogP contribution in [0.4, 0.5) is 27.8 Å². The van der Waals surface area contributed by atoms with E-state index in [-0.39, 0.29) is 76.9 Å². The average Bonchev–Trinajstić information content (AvgIpc) is 3.52. The summed E-state index contributed by atoms with van der Waals surface area (Å²) in [6, 6.07) is 6.78. The van der Waals surface area contributed by atoms with Crippen molar-refractivity contribution in [1.82, 2.24) is 14.9 Å². The number of nitrogens with zero attached hydrogens (tertiary/aromatic N) is 4. The van der Waals surface area contributed by atoms with Gasteiger partial charge in [-0.2, -0.15) is 23.1 Å². The number of aliphatic hydroxyl groups is 1. The molecule has 3 fully saturated rings. The van der Waals surface area contributed by atoms with Crippen LogP contribution in [0.15, 0.2) is 39.5 Å².